The first-order valence-corrected chi connectivity index (χ1v) is 9.78. The predicted octanol–water partition coefficient (Wildman–Crippen LogP) is 4.42. The molecule has 0 atom stereocenters. The number of ether oxygens (including phenoxy) is 1. The molecule has 1 aromatic carbocycles. The zero-order chi connectivity index (χ0) is 19.7. The first-order valence-electron chi connectivity index (χ1n) is 9.40. The molecular weight excluding hydrogens is 376 g/mol. The average molecular weight is 399 g/mol. The van der Waals surface area contributed by atoms with Crippen LogP contribution in [0.1, 0.15) is 36.6 Å². The molecule has 2 N–H and O–H groups in total. The third kappa shape index (κ3) is 4.12. The molecule has 2 aromatic heterocycles. The Balaban J connectivity index is 1.54. The van der Waals surface area contributed by atoms with E-state index in [2.05, 4.69) is 15.3 Å². The van der Waals surface area contributed by atoms with Crippen LogP contribution in [0.2, 0.25) is 5.02 Å². The van der Waals surface area contributed by atoms with E-state index in [9.17, 15) is 4.79 Å². The number of aryl methyl sites for hydroxylation is 1. The number of carbonyl (C=O) groups is 1. The Hall–Kier alpha value is -2.60. The van der Waals surface area contributed by atoms with Gasteiger partial charge in [0, 0.05) is 35.5 Å². The molecule has 4 rings (SSSR count). The lowest BCUT2D eigenvalue weighted by molar-refractivity contribution is -0.142. The molecule has 28 heavy (non-hydrogen) atoms. The third-order valence-electron chi connectivity index (χ3n) is 5.22. The average Bonchev–Trinajstić information content (AvgIpc) is 3.24. The van der Waals surface area contributed by atoms with Crippen molar-refractivity contribution >= 4 is 34.6 Å². The molecule has 0 spiro atoms. The molecule has 7 heteroatoms. The van der Waals surface area contributed by atoms with Crippen LogP contribution in [0.3, 0.4) is 0 Å². The largest absolute Gasteiger partial charge is 0.465 e. The number of fused-ring (bicyclic) bond motifs is 1. The van der Waals surface area contributed by atoms with Crippen molar-refractivity contribution in [2.75, 3.05) is 11.9 Å². The molecule has 0 amide bonds. The SMILES string of the molecule is CC(=O)OCC1(Cc2nc(NCc3ccc(C)cc3Cl)nc3[nH]ccc23)CC1. The third-order valence-corrected chi connectivity index (χ3v) is 5.57. The number of hydrogen-bond donors (Lipinski definition) is 2. The van der Waals surface area contributed by atoms with Crippen LogP contribution in [0.25, 0.3) is 11.0 Å². The van der Waals surface area contributed by atoms with E-state index in [-0.39, 0.29) is 11.4 Å². The second-order valence-corrected chi connectivity index (χ2v) is 8.05. The van der Waals surface area contributed by atoms with Crippen molar-refractivity contribution in [3.05, 3.63) is 52.3 Å². The van der Waals surface area contributed by atoms with Crippen LogP contribution >= 0.6 is 11.6 Å². The molecule has 0 saturated heterocycles. The smallest absolute Gasteiger partial charge is 0.302 e. The van der Waals surface area contributed by atoms with Crippen LogP contribution in [0.5, 0.6) is 0 Å². The maximum Gasteiger partial charge on any atom is 0.302 e. The monoisotopic (exact) mass is 398 g/mol. The molecule has 1 saturated carbocycles. The van der Waals surface area contributed by atoms with Gasteiger partial charge < -0.3 is 15.0 Å². The van der Waals surface area contributed by atoms with Gasteiger partial charge in [0.15, 0.2) is 0 Å². The summed E-state index contributed by atoms with van der Waals surface area (Å²) < 4.78 is 5.27. The minimum atomic E-state index is -0.238. The van der Waals surface area contributed by atoms with Crippen LogP contribution < -0.4 is 5.32 Å². The molecule has 0 radical (unpaired) electrons. The highest BCUT2D eigenvalue weighted by molar-refractivity contribution is 6.31. The summed E-state index contributed by atoms with van der Waals surface area (Å²) in [6.45, 7) is 4.45. The lowest BCUT2D eigenvalue weighted by Gasteiger charge is -2.16. The number of nitrogens with zero attached hydrogens (tertiary/aromatic N) is 2. The van der Waals surface area contributed by atoms with Crippen LogP contribution in [0, 0.1) is 12.3 Å². The van der Waals surface area contributed by atoms with Gasteiger partial charge in [-0.15, -0.1) is 0 Å². The summed E-state index contributed by atoms with van der Waals surface area (Å²) in [6, 6.07) is 7.99. The van der Waals surface area contributed by atoms with Gasteiger partial charge in [0.2, 0.25) is 5.95 Å². The zero-order valence-corrected chi connectivity index (χ0v) is 16.8. The highest BCUT2D eigenvalue weighted by Gasteiger charge is 2.44. The highest BCUT2D eigenvalue weighted by atomic mass is 35.5. The van der Waals surface area contributed by atoms with Gasteiger partial charge in [-0.25, -0.2) is 4.98 Å². The molecule has 6 nitrogen and oxygen atoms in total. The number of hydrogen-bond acceptors (Lipinski definition) is 5. The first-order chi connectivity index (χ1) is 13.4. The van der Waals surface area contributed by atoms with Crippen LogP contribution in [0.4, 0.5) is 5.95 Å². The molecule has 146 valence electrons. The summed E-state index contributed by atoms with van der Waals surface area (Å²) in [4.78, 5) is 23.7. The van der Waals surface area contributed by atoms with Crippen molar-refractivity contribution in [2.24, 2.45) is 5.41 Å². The van der Waals surface area contributed by atoms with E-state index < -0.39 is 0 Å². The van der Waals surface area contributed by atoms with Crippen molar-refractivity contribution in [3.63, 3.8) is 0 Å². The van der Waals surface area contributed by atoms with Gasteiger partial charge >= 0.3 is 5.97 Å². The Morgan fingerprint density at radius 1 is 1.32 bits per heavy atom. The summed E-state index contributed by atoms with van der Waals surface area (Å²) in [7, 11) is 0. The topological polar surface area (TPSA) is 79.9 Å². The molecule has 1 aliphatic carbocycles. The van der Waals surface area contributed by atoms with Gasteiger partial charge in [-0.3, -0.25) is 4.79 Å². The number of H-pyrrole nitrogens is 1. The van der Waals surface area contributed by atoms with E-state index in [4.69, 9.17) is 21.3 Å². The second kappa shape index (κ2) is 7.43. The standard InChI is InChI=1S/C21H23ClN4O2/c1-13-3-4-15(17(22)9-13)11-24-20-25-18(16-5-8-23-19(16)26-20)10-21(6-7-21)12-28-14(2)27/h3-5,8-9H,6-7,10-12H2,1-2H3,(H2,23,24,25,26). The Morgan fingerprint density at radius 2 is 2.14 bits per heavy atom. The Labute approximate surface area is 168 Å². The summed E-state index contributed by atoms with van der Waals surface area (Å²) in [5, 5.41) is 5.02. The Bertz CT molecular complexity index is 1030. The van der Waals surface area contributed by atoms with Gasteiger partial charge in [-0.1, -0.05) is 23.7 Å². The quantitative estimate of drug-likeness (QED) is 0.576. The number of anilines is 1. The fraction of sp³-hybridized carbons (Fsp3) is 0.381. The number of nitrogens with one attached hydrogen (secondary N) is 2. The van der Waals surface area contributed by atoms with Gasteiger partial charge in [-0.2, -0.15) is 4.98 Å². The molecular formula is C21H23ClN4O2. The van der Waals surface area contributed by atoms with Gasteiger partial charge in [0.05, 0.1) is 12.3 Å². The van der Waals surface area contributed by atoms with Gasteiger partial charge in [0.1, 0.15) is 5.65 Å². The van der Waals surface area contributed by atoms with E-state index >= 15 is 0 Å². The first kappa shape index (κ1) is 18.7. The summed E-state index contributed by atoms with van der Waals surface area (Å²) >= 11 is 6.33. The molecule has 1 fully saturated rings. The molecule has 2 heterocycles. The fourth-order valence-corrected chi connectivity index (χ4v) is 3.65. The summed E-state index contributed by atoms with van der Waals surface area (Å²) in [5.41, 5.74) is 3.89. The number of halogens is 1. The number of benzene rings is 1. The van der Waals surface area contributed by atoms with Crippen LogP contribution in [-0.4, -0.2) is 27.5 Å². The lowest BCUT2D eigenvalue weighted by Crippen LogP contribution is -2.17. The van der Waals surface area contributed by atoms with Crippen molar-refractivity contribution < 1.29 is 9.53 Å². The van der Waals surface area contributed by atoms with Crippen molar-refractivity contribution in [2.45, 2.75) is 39.7 Å². The minimum Gasteiger partial charge on any atom is -0.465 e. The molecule has 0 aliphatic heterocycles. The van der Waals surface area contributed by atoms with E-state index in [1.807, 2.05) is 37.4 Å². The lowest BCUT2D eigenvalue weighted by atomic mass is 9.99. The van der Waals surface area contributed by atoms with Crippen LogP contribution in [0.15, 0.2) is 30.5 Å². The van der Waals surface area contributed by atoms with E-state index in [0.29, 0.717) is 19.1 Å². The van der Waals surface area contributed by atoms with Crippen LogP contribution in [-0.2, 0) is 22.5 Å². The maximum absolute atomic E-state index is 11.2. The predicted molar refractivity (Wildman–Crippen MR) is 109 cm³/mol. The number of aromatic nitrogens is 3. The van der Waals surface area contributed by atoms with E-state index in [1.54, 1.807) is 0 Å². The number of esters is 1. The van der Waals surface area contributed by atoms with Gasteiger partial charge in [-0.05, 0) is 49.4 Å². The molecule has 3 aromatic rings. The normalized spacial score (nSPS) is 14.8. The molecule has 0 unspecified atom stereocenters. The van der Waals surface area contributed by atoms with E-state index in [0.717, 1.165) is 52.1 Å². The maximum atomic E-state index is 11.2. The van der Waals surface area contributed by atoms with Crippen molar-refractivity contribution in [3.8, 4) is 0 Å². The zero-order valence-electron chi connectivity index (χ0n) is 16.0. The Kier molecular flexibility index (Phi) is 4.98. The molecule has 1 aliphatic rings. The summed E-state index contributed by atoms with van der Waals surface area (Å²) in [5.74, 6) is 0.322. The summed E-state index contributed by atoms with van der Waals surface area (Å²) in [6.07, 6.45) is 4.71. The molecule has 0 bridgehead atoms. The van der Waals surface area contributed by atoms with Crippen molar-refractivity contribution in [1.29, 1.82) is 0 Å². The number of aromatic amines is 1. The number of rotatable bonds is 7. The fourth-order valence-electron chi connectivity index (χ4n) is 3.35. The minimum absolute atomic E-state index is 0.00174. The second-order valence-electron chi connectivity index (χ2n) is 7.64. The number of carbonyl (C=O) groups excluding carboxylic acids is 1. The highest BCUT2D eigenvalue weighted by Crippen LogP contribution is 2.49. The van der Waals surface area contributed by atoms with Crippen molar-refractivity contribution in [1.82, 2.24) is 15.0 Å². The van der Waals surface area contributed by atoms with Gasteiger partial charge in [0.25, 0.3) is 0 Å². The van der Waals surface area contributed by atoms with E-state index in [1.165, 1.54) is 6.92 Å². The Morgan fingerprint density at radius 3 is 2.86 bits per heavy atom.